The van der Waals surface area contributed by atoms with Crippen LogP contribution in [0.5, 0.6) is 0 Å². The number of fused-ring (bicyclic) bond motifs is 4. The fourth-order valence-corrected chi connectivity index (χ4v) is 3.46. The van der Waals surface area contributed by atoms with Crippen molar-refractivity contribution >= 4 is 42.7 Å². The van der Waals surface area contributed by atoms with Crippen molar-refractivity contribution < 1.29 is 46.7 Å². The average Bonchev–Trinajstić information content (AvgIpc) is 2.57. The molecule has 0 unspecified atom stereocenters. The Morgan fingerprint density at radius 1 is 0.760 bits per heavy atom. The molecule has 25 heavy (non-hydrogen) atoms. The molecule has 0 aliphatic carbocycles. The first-order valence-electron chi connectivity index (χ1n) is 7.45. The molecule has 0 aromatic heterocycles. The van der Waals surface area contributed by atoms with Gasteiger partial charge in [-0.2, -0.15) is 0 Å². The fourth-order valence-electron chi connectivity index (χ4n) is 3.20. The van der Waals surface area contributed by atoms with Crippen molar-refractivity contribution in [1.82, 2.24) is 0 Å². The van der Waals surface area contributed by atoms with E-state index in [1.54, 1.807) is 0 Å². The Balaban J connectivity index is 0.00000182. The molecule has 0 atom stereocenters. The predicted molar refractivity (Wildman–Crippen MR) is 93.4 cm³/mol. The van der Waals surface area contributed by atoms with E-state index >= 15 is 0 Å². The van der Waals surface area contributed by atoms with Crippen LogP contribution in [0.15, 0.2) is 66.7 Å². The van der Waals surface area contributed by atoms with Gasteiger partial charge in [0.15, 0.2) is 0 Å². The molecule has 0 radical (unpaired) electrons. The summed E-state index contributed by atoms with van der Waals surface area (Å²) in [6.07, 6.45) is 0. The molecule has 0 spiro atoms. The van der Waals surface area contributed by atoms with Gasteiger partial charge in [-0.15, -0.1) is 0 Å². The summed E-state index contributed by atoms with van der Waals surface area (Å²) in [4.78, 5) is 0. The molecule has 0 aliphatic heterocycles. The maximum Gasteiger partial charge on any atom is 1.00 e. The minimum atomic E-state index is -4.75. The average molecular weight is 360 g/mol. The molecule has 0 heterocycles. The number of rotatable bonds is 3. The summed E-state index contributed by atoms with van der Waals surface area (Å²) in [6, 6.07) is 21.7. The predicted octanol–water partition coefficient (Wildman–Crippen LogP) is 1.13. The summed E-state index contributed by atoms with van der Waals surface area (Å²) < 4.78 is 37.3. The molecule has 0 amide bonds. The molecule has 120 valence electrons. The third kappa shape index (κ3) is 3.58. The molecule has 0 bridgehead atoms. The Labute approximate surface area is 167 Å². The zero-order valence-corrected chi connectivity index (χ0v) is 16.4. The fraction of sp³-hybridized carbons (Fsp3) is 0.0526. The Kier molecular flexibility index (Phi) is 5.16. The first kappa shape index (κ1) is 18.3. The van der Waals surface area contributed by atoms with Crippen LogP contribution in [0.3, 0.4) is 0 Å². The summed E-state index contributed by atoms with van der Waals surface area (Å²) in [5, 5.41) is 5.92. The quantitative estimate of drug-likeness (QED) is 0.181. The second-order valence-electron chi connectivity index (χ2n) is 5.63. The van der Waals surface area contributed by atoms with Gasteiger partial charge in [-0.25, -0.2) is 8.42 Å². The number of benzene rings is 4. The van der Waals surface area contributed by atoms with Crippen molar-refractivity contribution in [3.63, 3.8) is 0 Å². The van der Waals surface area contributed by atoms with E-state index in [2.05, 4.69) is 10.2 Å². The van der Waals surface area contributed by atoms with E-state index < -0.39 is 10.4 Å². The number of hydrogen-bond acceptors (Lipinski definition) is 4. The minimum Gasteiger partial charge on any atom is -0.726 e. The molecule has 0 fully saturated rings. The van der Waals surface area contributed by atoms with Crippen LogP contribution in [-0.2, 0) is 21.2 Å². The van der Waals surface area contributed by atoms with E-state index in [9.17, 15) is 13.0 Å². The van der Waals surface area contributed by atoms with Crippen LogP contribution >= 0.6 is 0 Å². The first-order valence-corrected chi connectivity index (χ1v) is 8.78. The van der Waals surface area contributed by atoms with Crippen LogP contribution in [-0.4, -0.2) is 13.0 Å². The van der Waals surface area contributed by atoms with E-state index in [0.717, 1.165) is 32.3 Å². The van der Waals surface area contributed by atoms with Gasteiger partial charge in [0.25, 0.3) is 0 Å². The Morgan fingerprint density at radius 3 is 2.12 bits per heavy atom. The van der Waals surface area contributed by atoms with E-state index in [-0.39, 0.29) is 36.2 Å². The molecule has 4 aromatic rings. The third-order valence-corrected chi connectivity index (χ3v) is 4.64. The molecule has 6 heteroatoms. The summed E-state index contributed by atoms with van der Waals surface area (Å²) in [6.45, 7) is -0.276. The zero-order chi connectivity index (χ0) is 16.7. The molecule has 4 aromatic carbocycles. The first-order chi connectivity index (χ1) is 11.5. The summed E-state index contributed by atoms with van der Waals surface area (Å²) >= 11 is 0. The van der Waals surface area contributed by atoms with Gasteiger partial charge in [0.2, 0.25) is 10.4 Å². The van der Waals surface area contributed by atoms with Gasteiger partial charge < -0.3 is 4.55 Å². The smallest absolute Gasteiger partial charge is 0.726 e. The van der Waals surface area contributed by atoms with Gasteiger partial charge in [-0.05, 0) is 43.9 Å². The molecular formula is C19H13NaO4S. The van der Waals surface area contributed by atoms with Crippen molar-refractivity contribution in [2.24, 2.45) is 0 Å². The zero-order valence-electron chi connectivity index (χ0n) is 13.6. The van der Waals surface area contributed by atoms with E-state index in [1.807, 2.05) is 60.7 Å². The second-order valence-corrected chi connectivity index (χ2v) is 6.68. The van der Waals surface area contributed by atoms with E-state index in [0.29, 0.717) is 5.56 Å². The van der Waals surface area contributed by atoms with Crippen molar-refractivity contribution in [1.29, 1.82) is 0 Å². The Morgan fingerprint density at radius 2 is 1.40 bits per heavy atom. The van der Waals surface area contributed by atoms with Crippen LogP contribution in [0.2, 0.25) is 0 Å². The molecule has 0 saturated carbocycles. The molecule has 0 N–H and O–H groups in total. The molecule has 4 nitrogen and oxygen atoms in total. The van der Waals surface area contributed by atoms with Gasteiger partial charge >= 0.3 is 29.6 Å². The maximum absolute atomic E-state index is 10.9. The van der Waals surface area contributed by atoms with Gasteiger partial charge in [-0.3, -0.25) is 4.18 Å². The second kappa shape index (κ2) is 7.03. The molecule has 0 aliphatic rings. The van der Waals surface area contributed by atoms with Gasteiger partial charge in [0, 0.05) is 0 Å². The van der Waals surface area contributed by atoms with E-state index in [4.69, 9.17) is 0 Å². The van der Waals surface area contributed by atoms with Gasteiger partial charge in [0.05, 0.1) is 6.61 Å². The largest absolute Gasteiger partial charge is 1.00 e. The minimum absolute atomic E-state index is 0. The van der Waals surface area contributed by atoms with Crippen LogP contribution < -0.4 is 29.6 Å². The third-order valence-electron chi connectivity index (χ3n) is 4.23. The SMILES string of the molecule is O=S(=O)([O-])OCc1c2ccccc2cc2c1ccc1ccccc12.[Na+]. The van der Waals surface area contributed by atoms with Gasteiger partial charge in [-0.1, -0.05) is 60.7 Å². The van der Waals surface area contributed by atoms with Crippen molar-refractivity contribution in [2.75, 3.05) is 0 Å². The van der Waals surface area contributed by atoms with E-state index in [1.165, 1.54) is 0 Å². The molecule has 0 saturated heterocycles. The summed E-state index contributed by atoms with van der Waals surface area (Å²) in [7, 11) is -4.75. The van der Waals surface area contributed by atoms with Crippen LogP contribution in [0.25, 0.3) is 32.3 Å². The monoisotopic (exact) mass is 360 g/mol. The van der Waals surface area contributed by atoms with Crippen LogP contribution in [0, 0.1) is 0 Å². The molecular weight excluding hydrogens is 347 g/mol. The van der Waals surface area contributed by atoms with Crippen LogP contribution in [0.4, 0.5) is 0 Å². The van der Waals surface area contributed by atoms with Crippen molar-refractivity contribution in [2.45, 2.75) is 6.61 Å². The number of hydrogen-bond donors (Lipinski definition) is 0. The topological polar surface area (TPSA) is 66.4 Å². The van der Waals surface area contributed by atoms with Crippen LogP contribution in [0.1, 0.15) is 5.56 Å². The summed E-state index contributed by atoms with van der Waals surface area (Å²) in [5.41, 5.74) is 0.702. The van der Waals surface area contributed by atoms with Crippen molar-refractivity contribution in [3.05, 3.63) is 72.3 Å². The molecule has 4 rings (SSSR count). The standard InChI is InChI=1S/C19H14O4S.Na/c20-24(21,22)23-12-19-16-8-4-2-6-14(16)11-18-15-7-3-1-5-13(15)9-10-17(18)19;/h1-11H,12H2,(H,20,21,22);/q;+1/p-1. The van der Waals surface area contributed by atoms with Gasteiger partial charge in [0.1, 0.15) is 0 Å². The Bertz CT molecular complexity index is 1190. The van der Waals surface area contributed by atoms with Crippen molar-refractivity contribution in [3.8, 4) is 0 Å². The summed E-state index contributed by atoms with van der Waals surface area (Å²) in [5.74, 6) is 0. The maximum atomic E-state index is 10.9. The normalized spacial score (nSPS) is 11.7. The Hall–Kier alpha value is -1.47.